The molecule has 1 aromatic carbocycles. The second-order valence-corrected chi connectivity index (χ2v) is 6.49. The molecular weight excluding hydrogens is 336 g/mol. The average molecular weight is 356 g/mol. The van der Waals surface area contributed by atoms with Crippen LogP contribution in [0.1, 0.15) is 40.6 Å². The zero-order valence-electron chi connectivity index (χ0n) is 14.3. The SMILES string of the molecule is O=C1CCCN1Cc1ccc(C(=O)N2CCOCC2c2ncon2)cc1. The third-order valence-electron chi connectivity index (χ3n) is 4.81. The lowest BCUT2D eigenvalue weighted by molar-refractivity contribution is -0.128. The summed E-state index contributed by atoms with van der Waals surface area (Å²) in [4.78, 5) is 32.3. The van der Waals surface area contributed by atoms with Crippen LogP contribution in [0.25, 0.3) is 0 Å². The van der Waals surface area contributed by atoms with Gasteiger partial charge in [0.25, 0.3) is 5.91 Å². The predicted molar refractivity (Wildman–Crippen MR) is 90.0 cm³/mol. The lowest BCUT2D eigenvalue weighted by Gasteiger charge is -2.33. The first-order chi connectivity index (χ1) is 12.7. The van der Waals surface area contributed by atoms with Crippen LogP contribution in [0.2, 0.25) is 0 Å². The molecule has 8 nitrogen and oxygen atoms in total. The number of hydrogen-bond acceptors (Lipinski definition) is 6. The molecule has 1 unspecified atom stereocenters. The van der Waals surface area contributed by atoms with Crippen LogP contribution in [0.15, 0.2) is 35.2 Å². The topological polar surface area (TPSA) is 88.8 Å². The van der Waals surface area contributed by atoms with Gasteiger partial charge in [-0.2, -0.15) is 4.98 Å². The maximum absolute atomic E-state index is 12.9. The number of benzene rings is 1. The first-order valence-corrected chi connectivity index (χ1v) is 8.74. The van der Waals surface area contributed by atoms with Crippen molar-refractivity contribution >= 4 is 11.8 Å². The number of morpholine rings is 1. The number of rotatable bonds is 4. The zero-order chi connectivity index (χ0) is 17.9. The molecule has 0 saturated carbocycles. The van der Waals surface area contributed by atoms with Crippen molar-refractivity contribution in [1.82, 2.24) is 19.9 Å². The molecule has 2 aromatic rings. The summed E-state index contributed by atoms with van der Waals surface area (Å²) in [6.07, 6.45) is 2.80. The molecule has 2 aliphatic heterocycles. The maximum Gasteiger partial charge on any atom is 0.254 e. The van der Waals surface area contributed by atoms with Crippen LogP contribution < -0.4 is 0 Å². The van der Waals surface area contributed by atoms with E-state index in [0.717, 1.165) is 18.5 Å². The fourth-order valence-electron chi connectivity index (χ4n) is 3.40. The van der Waals surface area contributed by atoms with Crippen molar-refractivity contribution in [2.24, 2.45) is 0 Å². The summed E-state index contributed by atoms with van der Waals surface area (Å²) in [6, 6.07) is 7.07. The van der Waals surface area contributed by atoms with Crippen LogP contribution in [0, 0.1) is 0 Å². The summed E-state index contributed by atoms with van der Waals surface area (Å²) in [5.41, 5.74) is 1.62. The van der Waals surface area contributed by atoms with Crippen molar-refractivity contribution < 1.29 is 18.8 Å². The standard InChI is InChI=1S/C18H20N4O4/c23-16-2-1-7-21(16)10-13-3-5-14(6-4-13)18(24)22-8-9-25-11-15(22)17-19-12-26-20-17/h3-6,12,15H,1-2,7-11H2. The molecule has 26 heavy (non-hydrogen) atoms. The van der Waals surface area contributed by atoms with Crippen molar-refractivity contribution in [1.29, 1.82) is 0 Å². The van der Waals surface area contributed by atoms with Gasteiger partial charge in [-0.25, -0.2) is 0 Å². The molecule has 2 aliphatic rings. The van der Waals surface area contributed by atoms with Crippen molar-refractivity contribution in [3.8, 4) is 0 Å². The van der Waals surface area contributed by atoms with Crippen LogP contribution in [0.4, 0.5) is 0 Å². The van der Waals surface area contributed by atoms with Gasteiger partial charge in [0.1, 0.15) is 6.04 Å². The molecule has 0 aliphatic carbocycles. The average Bonchev–Trinajstić information content (AvgIpc) is 3.34. The van der Waals surface area contributed by atoms with Crippen LogP contribution >= 0.6 is 0 Å². The summed E-state index contributed by atoms with van der Waals surface area (Å²) in [7, 11) is 0. The van der Waals surface area contributed by atoms with Crippen molar-refractivity contribution in [3.63, 3.8) is 0 Å². The first-order valence-electron chi connectivity index (χ1n) is 8.74. The number of amides is 2. The van der Waals surface area contributed by atoms with Crippen molar-refractivity contribution in [2.45, 2.75) is 25.4 Å². The van der Waals surface area contributed by atoms with Crippen LogP contribution in [0.3, 0.4) is 0 Å². The van der Waals surface area contributed by atoms with Gasteiger partial charge in [-0.3, -0.25) is 9.59 Å². The zero-order valence-corrected chi connectivity index (χ0v) is 14.3. The number of ether oxygens (including phenoxy) is 1. The van der Waals surface area contributed by atoms with Crippen LogP contribution in [-0.4, -0.2) is 58.1 Å². The fourth-order valence-corrected chi connectivity index (χ4v) is 3.40. The van der Waals surface area contributed by atoms with E-state index in [1.807, 2.05) is 17.0 Å². The van der Waals surface area contributed by atoms with E-state index in [1.165, 1.54) is 6.39 Å². The van der Waals surface area contributed by atoms with Crippen molar-refractivity contribution in [2.75, 3.05) is 26.3 Å². The highest BCUT2D eigenvalue weighted by molar-refractivity contribution is 5.94. The van der Waals surface area contributed by atoms with Gasteiger partial charge in [-0.15, -0.1) is 0 Å². The molecular formula is C18H20N4O4. The summed E-state index contributed by atoms with van der Waals surface area (Å²) in [5, 5.41) is 3.85. The van der Waals surface area contributed by atoms with Gasteiger partial charge in [0, 0.05) is 31.6 Å². The molecule has 2 amide bonds. The Morgan fingerprint density at radius 3 is 2.77 bits per heavy atom. The molecule has 0 bridgehead atoms. The second kappa shape index (κ2) is 7.25. The second-order valence-electron chi connectivity index (χ2n) is 6.49. The number of hydrogen-bond donors (Lipinski definition) is 0. The quantitative estimate of drug-likeness (QED) is 0.823. The lowest BCUT2D eigenvalue weighted by Crippen LogP contribution is -2.43. The number of likely N-dealkylation sites (tertiary alicyclic amines) is 1. The minimum atomic E-state index is -0.350. The Hall–Kier alpha value is -2.74. The van der Waals surface area contributed by atoms with Gasteiger partial charge in [0.2, 0.25) is 12.3 Å². The third kappa shape index (κ3) is 3.32. The van der Waals surface area contributed by atoms with Crippen LogP contribution in [-0.2, 0) is 16.1 Å². The van der Waals surface area contributed by atoms with E-state index in [0.29, 0.717) is 44.1 Å². The summed E-state index contributed by atoms with van der Waals surface area (Å²) in [5.74, 6) is 0.551. The highest BCUT2D eigenvalue weighted by atomic mass is 16.5. The Kier molecular flexibility index (Phi) is 4.66. The summed E-state index contributed by atoms with van der Waals surface area (Å²) in [6.45, 7) is 2.70. The van der Waals surface area contributed by atoms with E-state index >= 15 is 0 Å². The molecule has 0 N–H and O–H groups in total. The molecule has 4 rings (SSSR count). The molecule has 8 heteroatoms. The van der Waals surface area contributed by atoms with Crippen molar-refractivity contribution in [3.05, 3.63) is 47.6 Å². The summed E-state index contributed by atoms with van der Waals surface area (Å²) >= 11 is 0. The minimum Gasteiger partial charge on any atom is -0.377 e. The molecule has 1 atom stereocenters. The molecule has 1 aromatic heterocycles. The van der Waals surface area contributed by atoms with E-state index in [1.54, 1.807) is 17.0 Å². The number of carbonyl (C=O) groups excluding carboxylic acids is 2. The maximum atomic E-state index is 12.9. The van der Waals surface area contributed by atoms with Crippen LogP contribution in [0.5, 0.6) is 0 Å². The van der Waals surface area contributed by atoms with Gasteiger partial charge >= 0.3 is 0 Å². The van der Waals surface area contributed by atoms with E-state index in [2.05, 4.69) is 10.1 Å². The smallest absolute Gasteiger partial charge is 0.254 e. The summed E-state index contributed by atoms with van der Waals surface area (Å²) < 4.78 is 10.3. The normalized spacial score (nSPS) is 20.6. The molecule has 2 saturated heterocycles. The predicted octanol–water partition coefficient (Wildman–Crippen LogP) is 1.41. The van der Waals surface area contributed by atoms with Gasteiger partial charge in [0.05, 0.1) is 13.2 Å². The Morgan fingerprint density at radius 2 is 2.08 bits per heavy atom. The number of aromatic nitrogens is 2. The molecule has 136 valence electrons. The fraction of sp³-hybridized carbons (Fsp3) is 0.444. The Bertz CT molecular complexity index is 775. The Morgan fingerprint density at radius 1 is 1.23 bits per heavy atom. The van der Waals surface area contributed by atoms with E-state index in [4.69, 9.17) is 9.26 Å². The number of carbonyl (C=O) groups is 2. The third-order valence-corrected chi connectivity index (χ3v) is 4.81. The molecule has 0 spiro atoms. The largest absolute Gasteiger partial charge is 0.377 e. The molecule has 0 radical (unpaired) electrons. The lowest BCUT2D eigenvalue weighted by atomic mass is 10.1. The van der Waals surface area contributed by atoms with Gasteiger partial charge in [0.15, 0.2) is 5.82 Å². The van der Waals surface area contributed by atoms with Gasteiger partial charge in [-0.1, -0.05) is 17.3 Å². The van der Waals surface area contributed by atoms with Gasteiger partial charge in [-0.05, 0) is 24.1 Å². The molecule has 3 heterocycles. The monoisotopic (exact) mass is 356 g/mol. The van der Waals surface area contributed by atoms with E-state index in [-0.39, 0.29) is 17.9 Å². The highest BCUT2D eigenvalue weighted by Crippen LogP contribution is 2.24. The van der Waals surface area contributed by atoms with Gasteiger partial charge < -0.3 is 19.1 Å². The Labute approximate surface area is 150 Å². The minimum absolute atomic E-state index is 0.0908. The highest BCUT2D eigenvalue weighted by Gasteiger charge is 2.32. The Balaban J connectivity index is 1.47. The molecule has 2 fully saturated rings. The number of nitrogens with zero attached hydrogens (tertiary/aromatic N) is 4. The first kappa shape index (κ1) is 16.7. The van der Waals surface area contributed by atoms with E-state index < -0.39 is 0 Å². The van der Waals surface area contributed by atoms with E-state index in [9.17, 15) is 9.59 Å².